The lowest BCUT2D eigenvalue weighted by molar-refractivity contribution is -0.131. The Morgan fingerprint density at radius 2 is 1.88 bits per heavy atom. The van der Waals surface area contributed by atoms with E-state index in [1.165, 1.54) is 17.1 Å². The molecule has 0 aliphatic rings. The molecule has 0 radical (unpaired) electrons. The number of rotatable bonds is 11. The van der Waals surface area contributed by atoms with Crippen molar-refractivity contribution in [1.29, 1.82) is 0 Å². The number of nitrogens with one attached hydrogen (secondary N) is 1. The number of carbonyl (C=O) groups is 2. The minimum Gasteiger partial charge on any atom is -0.493 e. The van der Waals surface area contributed by atoms with Gasteiger partial charge in [-0.1, -0.05) is 17.7 Å². The Morgan fingerprint density at radius 3 is 2.64 bits per heavy atom. The lowest BCUT2D eigenvalue weighted by Crippen LogP contribution is -2.33. The molecule has 3 rings (SSSR count). The highest BCUT2D eigenvalue weighted by molar-refractivity contribution is 5.90. The van der Waals surface area contributed by atoms with Crippen LogP contribution in [0.25, 0.3) is 0 Å². The number of nitrogens with two attached hydrogens (primary N) is 1. The number of carbonyl (C=O) groups excluding carboxylic acids is 2. The number of nitrogen functional groups attached to an aromatic ring is 1. The van der Waals surface area contributed by atoms with Gasteiger partial charge in [0.05, 0.1) is 31.5 Å². The van der Waals surface area contributed by atoms with Crippen molar-refractivity contribution in [3.05, 3.63) is 60.6 Å². The Kier molecular flexibility index (Phi) is 8.23. The van der Waals surface area contributed by atoms with Gasteiger partial charge in [-0.2, -0.15) is 5.10 Å². The number of hydrogen-bond donors (Lipinski definition) is 2. The summed E-state index contributed by atoms with van der Waals surface area (Å²) in [7, 11) is 1.71. The van der Waals surface area contributed by atoms with Crippen LogP contribution in [0.5, 0.6) is 11.5 Å². The molecular weight excluding hydrogens is 424 g/mol. The summed E-state index contributed by atoms with van der Waals surface area (Å²) >= 11 is 0. The molecular formula is C23H28N6O4. The van der Waals surface area contributed by atoms with E-state index < -0.39 is 0 Å². The van der Waals surface area contributed by atoms with Gasteiger partial charge < -0.3 is 25.4 Å². The molecule has 0 aliphatic heterocycles. The monoisotopic (exact) mass is 452 g/mol. The molecule has 2 amide bonds. The van der Waals surface area contributed by atoms with Crippen LogP contribution >= 0.6 is 0 Å². The summed E-state index contributed by atoms with van der Waals surface area (Å²) in [5, 5.41) is 6.87. The lowest BCUT2D eigenvalue weighted by atomic mass is 10.2. The first kappa shape index (κ1) is 23.6. The third kappa shape index (κ3) is 7.84. The number of pyridine rings is 1. The van der Waals surface area contributed by atoms with Gasteiger partial charge in [-0.3, -0.25) is 14.3 Å². The normalized spacial score (nSPS) is 10.5. The SMILES string of the molecule is Cc1ccc(OCCN(C)C(=O)Cn2cc(NC(=O)CCOc3ccnc(N)c3)cn2)cc1. The zero-order chi connectivity index (χ0) is 23.6. The molecule has 1 aromatic carbocycles. The van der Waals surface area contributed by atoms with Crippen LogP contribution < -0.4 is 20.5 Å². The number of aromatic nitrogens is 3. The summed E-state index contributed by atoms with van der Waals surface area (Å²) in [6.07, 6.45) is 4.79. The number of likely N-dealkylation sites (N-methyl/N-ethyl adjacent to an activating group) is 1. The average Bonchev–Trinajstić information content (AvgIpc) is 3.21. The first-order valence-electron chi connectivity index (χ1n) is 10.5. The standard InChI is InChI=1S/C23H28N6O4/c1-17-3-5-19(6-4-17)33-12-10-28(2)23(31)16-29-15-18(14-26-29)27-22(30)8-11-32-20-7-9-25-21(24)13-20/h3-7,9,13-15H,8,10-12,16H2,1-2H3,(H2,24,25)(H,27,30). The second-order valence-electron chi connectivity index (χ2n) is 7.47. The number of benzene rings is 1. The first-order chi connectivity index (χ1) is 15.9. The predicted molar refractivity (Wildman–Crippen MR) is 124 cm³/mol. The van der Waals surface area contributed by atoms with Crippen molar-refractivity contribution in [2.75, 3.05) is 37.9 Å². The van der Waals surface area contributed by atoms with E-state index in [4.69, 9.17) is 15.2 Å². The van der Waals surface area contributed by atoms with E-state index in [1.54, 1.807) is 30.3 Å². The third-order valence-electron chi connectivity index (χ3n) is 4.71. The number of nitrogens with zero attached hydrogens (tertiary/aromatic N) is 4. The fourth-order valence-electron chi connectivity index (χ4n) is 2.84. The van der Waals surface area contributed by atoms with Crippen LogP contribution in [0, 0.1) is 6.92 Å². The van der Waals surface area contributed by atoms with E-state index in [-0.39, 0.29) is 31.4 Å². The van der Waals surface area contributed by atoms with Gasteiger partial charge >= 0.3 is 0 Å². The number of aryl methyl sites for hydroxylation is 1. The first-order valence-corrected chi connectivity index (χ1v) is 10.5. The van der Waals surface area contributed by atoms with E-state index in [0.29, 0.717) is 30.4 Å². The van der Waals surface area contributed by atoms with Gasteiger partial charge in [0.1, 0.15) is 30.5 Å². The molecule has 33 heavy (non-hydrogen) atoms. The molecule has 10 nitrogen and oxygen atoms in total. The topological polar surface area (TPSA) is 125 Å². The maximum Gasteiger partial charge on any atom is 0.244 e. The maximum atomic E-state index is 12.4. The van der Waals surface area contributed by atoms with Crippen LogP contribution in [-0.2, 0) is 16.1 Å². The molecule has 3 N–H and O–H groups in total. The maximum absolute atomic E-state index is 12.4. The van der Waals surface area contributed by atoms with E-state index in [1.807, 2.05) is 31.2 Å². The minimum atomic E-state index is -0.228. The van der Waals surface area contributed by atoms with Crippen LogP contribution in [0.15, 0.2) is 55.0 Å². The summed E-state index contributed by atoms with van der Waals surface area (Å²) in [4.78, 5) is 30.0. The van der Waals surface area contributed by atoms with E-state index in [0.717, 1.165) is 11.3 Å². The van der Waals surface area contributed by atoms with Crippen molar-refractivity contribution < 1.29 is 19.1 Å². The molecule has 0 unspecified atom stereocenters. The summed E-state index contributed by atoms with van der Waals surface area (Å²) in [5.74, 6) is 1.32. The predicted octanol–water partition coefficient (Wildman–Crippen LogP) is 2.11. The van der Waals surface area contributed by atoms with Crippen molar-refractivity contribution in [2.45, 2.75) is 19.9 Å². The highest BCUT2D eigenvalue weighted by atomic mass is 16.5. The fourth-order valence-corrected chi connectivity index (χ4v) is 2.84. The molecule has 0 bridgehead atoms. The van der Waals surface area contributed by atoms with Gasteiger partial charge in [0.15, 0.2) is 0 Å². The van der Waals surface area contributed by atoms with Crippen LogP contribution in [0.4, 0.5) is 11.5 Å². The lowest BCUT2D eigenvalue weighted by Gasteiger charge is -2.17. The second-order valence-corrected chi connectivity index (χ2v) is 7.47. The number of amides is 2. The summed E-state index contributed by atoms with van der Waals surface area (Å²) in [6, 6.07) is 11.0. The molecule has 0 spiro atoms. The van der Waals surface area contributed by atoms with Crippen LogP contribution in [-0.4, -0.2) is 58.3 Å². The minimum absolute atomic E-state index is 0.0590. The van der Waals surface area contributed by atoms with Crippen LogP contribution in [0.1, 0.15) is 12.0 Å². The van der Waals surface area contributed by atoms with Crippen molar-refractivity contribution in [1.82, 2.24) is 19.7 Å². The van der Waals surface area contributed by atoms with Crippen molar-refractivity contribution >= 4 is 23.3 Å². The molecule has 0 saturated heterocycles. The highest BCUT2D eigenvalue weighted by Crippen LogP contribution is 2.13. The van der Waals surface area contributed by atoms with Crippen molar-refractivity contribution in [2.24, 2.45) is 0 Å². The zero-order valence-electron chi connectivity index (χ0n) is 18.7. The summed E-state index contributed by atoms with van der Waals surface area (Å²) < 4.78 is 12.6. The number of anilines is 2. The van der Waals surface area contributed by atoms with Crippen molar-refractivity contribution in [3.63, 3.8) is 0 Å². The third-order valence-corrected chi connectivity index (χ3v) is 4.71. The van der Waals surface area contributed by atoms with Gasteiger partial charge in [0.25, 0.3) is 0 Å². The van der Waals surface area contributed by atoms with Gasteiger partial charge in [-0.25, -0.2) is 4.98 Å². The van der Waals surface area contributed by atoms with Crippen molar-refractivity contribution in [3.8, 4) is 11.5 Å². The molecule has 2 aromatic heterocycles. The van der Waals surface area contributed by atoms with Crippen LogP contribution in [0.3, 0.4) is 0 Å². The molecule has 3 aromatic rings. The zero-order valence-corrected chi connectivity index (χ0v) is 18.7. The molecule has 174 valence electrons. The number of ether oxygens (including phenoxy) is 2. The Labute approximate surface area is 192 Å². The molecule has 0 atom stereocenters. The smallest absolute Gasteiger partial charge is 0.244 e. The highest BCUT2D eigenvalue weighted by Gasteiger charge is 2.12. The van der Waals surface area contributed by atoms with E-state index >= 15 is 0 Å². The summed E-state index contributed by atoms with van der Waals surface area (Å²) in [5.41, 5.74) is 7.25. The second kappa shape index (κ2) is 11.5. The molecule has 0 aliphatic carbocycles. The molecule has 0 fully saturated rings. The average molecular weight is 453 g/mol. The fraction of sp³-hybridized carbons (Fsp3) is 0.304. The van der Waals surface area contributed by atoms with Gasteiger partial charge in [-0.05, 0) is 25.1 Å². The molecule has 10 heteroatoms. The Balaban J connectivity index is 1.36. The van der Waals surface area contributed by atoms with E-state index in [2.05, 4.69) is 15.4 Å². The summed E-state index contributed by atoms with van der Waals surface area (Å²) in [6.45, 7) is 3.10. The largest absolute Gasteiger partial charge is 0.493 e. The molecule has 0 saturated carbocycles. The van der Waals surface area contributed by atoms with Crippen LogP contribution in [0.2, 0.25) is 0 Å². The van der Waals surface area contributed by atoms with E-state index in [9.17, 15) is 9.59 Å². The Morgan fingerprint density at radius 1 is 1.12 bits per heavy atom. The Bertz CT molecular complexity index is 1070. The van der Waals surface area contributed by atoms with Gasteiger partial charge in [0, 0.05) is 25.5 Å². The molecule has 2 heterocycles. The van der Waals surface area contributed by atoms with Gasteiger partial charge in [-0.15, -0.1) is 0 Å². The Hall–Kier alpha value is -4.08. The van der Waals surface area contributed by atoms with Gasteiger partial charge in [0.2, 0.25) is 11.8 Å². The quantitative estimate of drug-likeness (QED) is 0.456. The number of hydrogen-bond acceptors (Lipinski definition) is 7.